The second kappa shape index (κ2) is 8.76. The maximum Gasteiger partial charge on any atom is 0.217 e. The smallest absolute Gasteiger partial charge is 0.217 e. The van der Waals surface area contributed by atoms with Crippen LogP contribution in [0.1, 0.15) is 5.56 Å². The summed E-state index contributed by atoms with van der Waals surface area (Å²) in [7, 11) is 0. The summed E-state index contributed by atoms with van der Waals surface area (Å²) in [6, 6.07) is 15.7. The Morgan fingerprint density at radius 3 is 2.07 bits per heavy atom. The fourth-order valence-corrected chi connectivity index (χ4v) is 3.77. The molecular formula is C20H21Cl2N5S. The SMILES string of the molecule is S=c1nc(-c2ccc(Cl)cc2)[nH]n1CN1CCN(Cc2ccc(Cl)cc2)CC1. The summed E-state index contributed by atoms with van der Waals surface area (Å²) in [4.78, 5) is 9.34. The van der Waals surface area contributed by atoms with E-state index in [9.17, 15) is 0 Å². The van der Waals surface area contributed by atoms with Crippen LogP contribution in [0.2, 0.25) is 10.0 Å². The average Bonchev–Trinajstić information content (AvgIpc) is 3.06. The first-order valence-corrected chi connectivity index (χ1v) is 10.4. The van der Waals surface area contributed by atoms with Crippen molar-refractivity contribution in [1.82, 2.24) is 24.6 Å². The molecule has 1 N–H and O–H groups in total. The summed E-state index contributed by atoms with van der Waals surface area (Å²) in [6.07, 6.45) is 0. The molecule has 0 radical (unpaired) electrons. The second-order valence-electron chi connectivity index (χ2n) is 6.95. The number of aromatic amines is 1. The lowest BCUT2D eigenvalue weighted by molar-refractivity contribution is 0.0982. The lowest BCUT2D eigenvalue weighted by Crippen LogP contribution is -2.46. The number of nitrogens with one attached hydrogen (secondary N) is 1. The third-order valence-corrected chi connectivity index (χ3v) is 5.74. The largest absolute Gasteiger partial charge is 0.297 e. The number of aromatic nitrogens is 3. The third-order valence-electron chi connectivity index (χ3n) is 4.92. The van der Waals surface area contributed by atoms with Gasteiger partial charge in [0, 0.05) is 48.3 Å². The van der Waals surface area contributed by atoms with Gasteiger partial charge in [0.2, 0.25) is 4.77 Å². The van der Waals surface area contributed by atoms with E-state index in [-0.39, 0.29) is 0 Å². The predicted octanol–water partition coefficient (Wildman–Crippen LogP) is 4.69. The number of piperazine rings is 1. The van der Waals surface area contributed by atoms with Crippen molar-refractivity contribution in [2.75, 3.05) is 26.2 Å². The minimum absolute atomic E-state index is 0.563. The number of nitrogens with zero attached hydrogens (tertiary/aromatic N) is 4. The minimum Gasteiger partial charge on any atom is -0.297 e. The van der Waals surface area contributed by atoms with Crippen molar-refractivity contribution in [1.29, 1.82) is 0 Å². The van der Waals surface area contributed by atoms with Crippen LogP contribution in [0.25, 0.3) is 11.4 Å². The zero-order valence-electron chi connectivity index (χ0n) is 15.3. The van der Waals surface area contributed by atoms with Gasteiger partial charge in [-0.25, -0.2) is 4.68 Å². The van der Waals surface area contributed by atoms with E-state index in [1.165, 1.54) is 5.56 Å². The monoisotopic (exact) mass is 433 g/mol. The van der Waals surface area contributed by atoms with Gasteiger partial charge < -0.3 is 0 Å². The number of hydrogen-bond acceptors (Lipinski definition) is 4. The molecule has 4 rings (SSSR count). The fraction of sp³-hybridized carbons (Fsp3) is 0.300. The van der Waals surface area contributed by atoms with Gasteiger partial charge in [0.1, 0.15) is 0 Å². The van der Waals surface area contributed by atoms with Crippen molar-refractivity contribution < 1.29 is 0 Å². The van der Waals surface area contributed by atoms with Gasteiger partial charge in [-0.1, -0.05) is 35.3 Å². The number of benzene rings is 2. The van der Waals surface area contributed by atoms with Crippen LogP contribution in [-0.4, -0.2) is 50.7 Å². The van der Waals surface area contributed by atoms with Crippen molar-refractivity contribution in [3.63, 3.8) is 0 Å². The quantitative estimate of drug-likeness (QED) is 0.592. The highest BCUT2D eigenvalue weighted by atomic mass is 35.5. The van der Waals surface area contributed by atoms with E-state index in [0.29, 0.717) is 16.5 Å². The molecule has 3 aromatic rings. The van der Waals surface area contributed by atoms with E-state index < -0.39 is 0 Å². The molecule has 28 heavy (non-hydrogen) atoms. The molecule has 0 bridgehead atoms. The standard InChI is InChI=1S/C20H21Cl2N5S/c21-17-5-1-15(2-6-17)13-25-9-11-26(12-10-25)14-27-20(28)23-19(24-27)16-3-7-18(22)8-4-16/h1-8H,9-14H2,(H,23,24,28). The normalized spacial score (nSPS) is 15.8. The topological polar surface area (TPSA) is 40.1 Å². The van der Waals surface area contributed by atoms with Crippen molar-refractivity contribution in [2.24, 2.45) is 0 Å². The van der Waals surface area contributed by atoms with Gasteiger partial charge in [0.05, 0.1) is 6.67 Å². The van der Waals surface area contributed by atoms with Crippen LogP contribution < -0.4 is 0 Å². The van der Waals surface area contributed by atoms with Crippen molar-refractivity contribution >= 4 is 35.4 Å². The van der Waals surface area contributed by atoms with Crippen LogP contribution in [-0.2, 0) is 13.2 Å². The maximum atomic E-state index is 5.97. The van der Waals surface area contributed by atoms with Gasteiger partial charge in [0.25, 0.3) is 0 Å². The van der Waals surface area contributed by atoms with E-state index in [0.717, 1.165) is 49.1 Å². The van der Waals surface area contributed by atoms with Gasteiger partial charge in [-0.2, -0.15) is 4.98 Å². The van der Waals surface area contributed by atoms with Crippen molar-refractivity contribution in [3.05, 3.63) is 68.9 Å². The Labute approximate surface area is 179 Å². The summed E-state index contributed by atoms with van der Waals surface area (Å²) in [6.45, 7) is 5.70. The molecule has 146 valence electrons. The lowest BCUT2D eigenvalue weighted by atomic mass is 10.2. The minimum atomic E-state index is 0.563. The van der Waals surface area contributed by atoms with Crippen LogP contribution in [0.3, 0.4) is 0 Å². The van der Waals surface area contributed by atoms with Crippen LogP contribution in [0, 0.1) is 4.77 Å². The van der Waals surface area contributed by atoms with Crippen LogP contribution in [0.5, 0.6) is 0 Å². The predicted molar refractivity (Wildman–Crippen MR) is 116 cm³/mol. The Bertz CT molecular complexity index is 973. The first-order valence-electron chi connectivity index (χ1n) is 9.19. The zero-order valence-corrected chi connectivity index (χ0v) is 17.6. The second-order valence-corrected chi connectivity index (χ2v) is 8.19. The number of rotatable bonds is 5. The maximum absolute atomic E-state index is 5.97. The van der Waals surface area contributed by atoms with Crippen molar-refractivity contribution in [3.8, 4) is 11.4 Å². The molecule has 0 atom stereocenters. The van der Waals surface area contributed by atoms with Crippen LogP contribution >= 0.6 is 35.4 Å². The highest BCUT2D eigenvalue weighted by Crippen LogP contribution is 2.18. The van der Waals surface area contributed by atoms with Gasteiger partial charge in [-0.3, -0.25) is 14.9 Å². The highest BCUT2D eigenvalue weighted by molar-refractivity contribution is 7.71. The summed E-state index contributed by atoms with van der Waals surface area (Å²) in [5, 5.41) is 4.80. The molecule has 0 spiro atoms. The van der Waals surface area contributed by atoms with Gasteiger partial charge >= 0.3 is 0 Å². The first-order chi connectivity index (χ1) is 13.6. The molecule has 0 unspecified atom stereocenters. The molecule has 1 aliphatic rings. The molecule has 1 saturated heterocycles. The third kappa shape index (κ3) is 4.82. The Balaban J connectivity index is 1.34. The van der Waals surface area contributed by atoms with E-state index in [1.807, 2.05) is 41.1 Å². The molecule has 2 heterocycles. The molecule has 5 nitrogen and oxygen atoms in total. The number of hydrogen-bond donors (Lipinski definition) is 1. The summed E-state index contributed by atoms with van der Waals surface area (Å²) in [5.41, 5.74) is 2.27. The Morgan fingerprint density at radius 1 is 0.857 bits per heavy atom. The molecule has 1 fully saturated rings. The molecular weight excluding hydrogens is 413 g/mol. The van der Waals surface area contributed by atoms with E-state index in [1.54, 1.807) is 0 Å². The molecule has 1 aromatic heterocycles. The molecule has 8 heteroatoms. The molecule has 0 amide bonds. The van der Waals surface area contributed by atoms with E-state index in [4.69, 9.17) is 35.4 Å². The number of H-pyrrole nitrogens is 1. The van der Waals surface area contributed by atoms with Crippen LogP contribution in [0.4, 0.5) is 0 Å². The summed E-state index contributed by atoms with van der Waals surface area (Å²) >= 11 is 17.4. The Morgan fingerprint density at radius 2 is 1.43 bits per heavy atom. The summed E-state index contributed by atoms with van der Waals surface area (Å²) < 4.78 is 2.49. The van der Waals surface area contributed by atoms with Crippen molar-refractivity contribution in [2.45, 2.75) is 13.2 Å². The van der Waals surface area contributed by atoms with E-state index in [2.05, 4.69) is 32.0 Å². The van der Waals surface area contributed by atoms with Gasteiger partial charge in [0.15, 0.2) is 5.82 Å². The first kappa shape index (κ1) is 19.6. The lowest BCUT2D eigenvalue weighted by Gasteiger charge is -2.34. The van der Waals surface area contributed by atoms with Gasteiger partial charge in [-0.05, 0) is 54.2 Å². The average molecular weight is 434 g/mol. The Hall–Kier alpha value is -1.70. The highest BCUT2D eigenvalue weighted by Gasteiger charge is 2.18. The van der Waals surface area contributed by atoms with E-state index >= 15 is 0 Å². The molecule has 1 aliphatic heterocycles. The van der Waals surface area contributed by atoms with Crippen LogP contribution in [0.15, 0.2) is 48.5 Å². The molecule has 0 saturated carbocycles. The zero-order chi connectivity index (χ0) is 19.5. The number of halogens is 2. The molecule has 0 aliphatic carbocycles. The van der Waals surface area contributed by atoms with Gasteiger partial charge in [-0.15, -0.1) is 0 Å². The molecule has 2 aromatic carbocycles. The summed E-state index contributed by atoms with van der Waals surface area (Å²) in [5.74, 6) is 0.767. The Kier molecular flexibility index (Phi) is 6.13. The fourth-order valence-electron chi connectivity index (χ4n) is 3.33.